The topological polar surface area (TPSA) is 202 Å². The van der Waals surface area contributed by atoms with Gasteiger partial charge in [-0.2, -0.15) is 0 Å². The smallest absolute Gasteiger partial charge is 0.335 e. The lowest BCUT2D eigenvalue weighted by atomic mass is 9.77. The van der Waals surface area contributed by atoms with E-state index in [0.29, 0.717) is 56.2 Å². The average Bonchev–Trinajstić information content (AvgIpc) is 4.07. The lowest BCUT2D eigenvalue weighted by Crippen LogP contribution is -2.49. The molecule has 1 aromatic heterocycles. The molecule has 12 nitrogen and oxygen atoms in total. The van der Waals surface area contributed by atoms with Crippen LogP contribution >= 0.6 is 0 Å². The molecular weight excluding hydrogens is 761 g/mol. The van der Waals surface area contributed by atoms with Crippen LogP contribution in [0.3, 0.4) is 0 Å². The molecule has 4 aliphatic heterocycles. The van der Waals surface area contributed by atoms with Crippen LogP contribution in [-0.4, -0.2) is 60.7 Å². The van der Waals surface area contributed by atoms with Crippen LogP contribution in [0.1, 0.15) is 63.7 Å². The number of aromatic nitrogens is 1. The summed E-state index contributed by atoms with van der Waals surface area (Å²) < 4.78 is 0. The molecule has 8 bridgehead atoms. The summed E-state index contributed by atoms with van der Waals surface area (Å²) >= 11 is 0. The number of hydrogen-bond donors (Lipinski definition) is 6. The molecule has 0 spiro atoms. The summed E-state index contributed by atoms with van der Waals surface area (Å²) in [6.07, 6.45) is 15.2. The Hall–Kier alpha value is -8.22. The van der Waals surface area contributed by atoms with Gasteiger partial charge in [-0.15, -0.1) is 0 Å². The fourth-order valence-electron chi connectivity index (χ4n) is 8.11. The summed E-state index contributed by atoms with van der Waals surface area (Å²) in [5.74, 6) is -4.46. The van der Waals surface area contributed by atoms with E-state index in [4.69, 9.17) is 9.98 Å². The second-order valence-corrected chi connectivity index (χ2v) is 14.6. The third-order valence-corrected chi connectivity index (χ3v) is 10.9. The van der Waals surface area contributed by atoms with Crippen LogP contribution in [0.5, 0.6) is 0 Å². The van der Waals surface area contributed by atoms with E-state index in [9.17, 15) is 39.6 Å². The Morgan fingerprint density at radius 3 is 1.43 bits per heavy atom. The van der Waals surface area contributed by atoms with Gasteiger partial charge in [-0.25, -0.2) is 29.2 Å². The highest BCUT2D eigenvalue weighted by atomic mass is 16.4. The number of aromatic carboxylic acids is 4. The summed E-state index contributed by atoms with van der Waals surface area (Å²) in [6, 6.07) is 29.5. The van der Waals surface area contributed by atoms with Crippen molar-refractivity contribution in [3.63, 3.8) is 0 Å². The highest BCUT2D eigenvalue weighted by Crippen LogP contribution is 2.55. The lowest BCUT2D eigenvalue weighted by molar-refractivity contribution is 0.0686. The number of aromatic amines is 1. The maximum absolute atomic E-state index is 12.2. The van der Waals surface area contributed by atoms with Crippen molar-refractivity contribution in [2.75, 3.05) is 0 Å². The number of H-pyrrole nitrogens is 1. The molecule has 0 radical (unpaired) electrons. The maximum atomic E-state index is 12.2. The number of nitrogens with one attached hydrogen (secondary N) is 2. The quantitative estimate of drug-likeness (QED) is 0.106. The number of hydrogen-bond acceptors (Lipinski definition) is 7. The molecule has 6 N–H and O–H groups in total. The molecule has 292 valence electrons. The molecular formula is C48H32N4O8. The van der Waals surface area contributed by atoms with Gasteiger partial charge in [0.15, 0.2) is 0 Å². The van der Waals surface area contributed by atoms with Gasteiger partial charge in [-0.3, -0.25) is 5.32 Å². The van der Waals surface area contributed by atoms with Crippen LogP contribution in [0.25, 0.3) is 23.3 Å². The van der Waals surface area contributed by atoms with Crippen molar-refractivity contribution in [3.05, 3.63) is 212 Å². The minimum atomic E-state index is -1.43. The van der Waals surface area contributed by atoms with Crippen molar-refractivity contribution < 1.29 is 39.6 Å². The summed E-state index contributed by atoms with van der Waals surface area (Å²) in [6.45, 7) is 0. The van der Waals surface area contributed by atoms with Crippen molar-refractivity contribution in [2.45, 2.75) is 11.1 Å². The monoisotopic (exact) mass is 792 g/mol. The molecule has 4 aliphatic rings. The molecule has 0 saturated heterocycles. The molecule has 0 amide bonds. The highest BCUT2D eigenvalue weighted by molar-refractivity contribution is 6.20. The predicted molar refractivity (Wildman–Crippen MR) is 225 cm³/mol. The Kier molecular flexibility index (Phi) is 8.91. The van der Waals surface area contributed by atoms with E-state index >= 15 is 0 Å². The Balaban J connectivity index is 1.45. The van der Waals surface area contributed by atoms with Crippen LogP contribution in [0.2, 0.25) is 0 Å². The van der Waals surface area contributed by atoms with E-state index in [1.165, 1.54) is 48.5 Å². The highest BCUT2D eigenvalue weighted by Gasteiger charge is 2.53. The number of allylic oxidation sites excluding steroid dienone is 4. The molecule has 0 aliphatic carbocycles. The number of aliphatic imine (C=N–C) groups is 2. The Bertz CT molecular complexity index is 3040. The van der Waals surface area contributed by atoms with Crippen LogP contribution < -0.4 is 16.0 Å². The van der Waals surface area contributed by atoms with E-state index < -0.39 is 35.0 Å². The first-order valence-electron chi connectivity index (χ1n) is 18.7. The second-order valence-electron chi connectivity index (χ2n) is 14.6. The summed E-state index contributed by atoms with van der Waals surface area (Å²) in [5, 5.41) is 45.3. The van der Waals surface area contributed by atoms with Gasteiger partial charge in [-0.1, -0.05) is 48.5 Å². The van der Waals surface area contributed by atoms with Crippen LogP contribution in [0, 0.1) is 0 Å². The fraction of sp³-hybridized carbons (Fsp3) is 0.0417. The molecule has 4 aromatic carbocycles. The number of carboxylic acid groups (broad SMARTS) is 4. The van der Waals surface area contributed by atoms with Gasteiger partial charge in [0.25, 0.3) is 0 Å². The Morgan fingerprint density at radius 2 is 0.917 bits per heavy atom. The van der Waals surface area contributed by atoms with Gasteiger partial charge < -0.3 is 25.4 Å². The van der Waals surface area contributed by atoms with Crippen molar-refractivity contribution in [1.82, 2.24) is 10.3 Å². The second kappa shape index (κ2) is 14.3. The zero-order chi connectivity index (χ0) is 41.8. The number of nitrogens with zero attached hydrogens (tertiary/aromatic N) is 2. The van der Waals surface area contributed by atoms with Gasteiger partial charge in [-0.05, 0) is 137 Å². The number of carbonyl (C=O) groups is 4. The minimum Gasteiger partial charge on any atom is -0.478 e. The summed E-state index contributed by atoms with van der Waals surface area (Å²) in [7, 11) is 0. The molecule has 9 rings (SSSR count). The Morgan fingerprint density at radius 1 is 0.467 bits per heavy atom. The standard InChI is InChI=1S/C48H32N4O8/c53-43(54)29-5-1-27(2-6-29)40-26-48(34-15-11-32(12-16-34)46(59)60)42(28-3-7-30(8-4-28)44(55)56)41-22-21-38(51-41)24-36-18-17-35(49-36)23-37-19-20-39(50-37)25-47(40,52-48)33-13-9-31(10-14-33)45(57)58/h1-26,49,52H,(H,53,54)(H,55,56)(H,57,58)(H,59,60)/b35-23-,36-24-,39-25-,42-41-. The number of fused-ring (bicyclic) bond motifs is 6. The third-order valence-electron chi connectivity index (χ3n) is 10.9. The van der Waals surface area contributed by atoms with Gasteiger partial charge in [0.1, 0.15) is 0 Å². The maximum Gasteiger partial charge on any atom is 0.335 e. The lowest BCUT2D eigenvalue weighted by Gasteiger charge is -2.39. The van der Waals surface area contributed by atoms with E-state index in [-0.39, 0.29) is 22.3 Å². The normalized spacial score (nSPS) is 23.3. The van der Waals surface area contributed by atoms with E-state index in [2.05, 4.69) is 10.3 Å². The zero-order valence-corrected chi connectivity index (χ0v) is 31.3. The molecule has 5 aromatic rings. The van der Waals surface area contributed by atoms with Gasteiger partial charge in [0, 0.05) is 16.3 Å². The summed E-state index contributed by atoms with van der Waals surface area (Å²) in [5.41, 5.74) is 3.29. The number of benzene rings is 4. The van der Waals surface area contributed by atoms with E-state index in [1.807, 2.05) is 60.7 Å². The van der Waals surface area contributed by atoms with Crippen LogP contribution in [0.15, 0.2) is 167 Å². The predicted octanol–water partition coefficient (Wildman–Crippen LogP) is 6.18. The minimum absolute atomic E-state index is 0.0441. The molecule has 2 atom stereocenters. The first-order valence-corrected chi connectivity index (χ1v) is 18.7. The molecule has 5 heterocycles. The van der Waals surface area contributed by atoms with E-state index in [0.717, 1.165) is 10.7 Å². The van der Waals surface area contributed by atoms with Crippen LogP contribution in [0.4, 0.5) is 0 Å². The van der Waals surface area contributed by atoms with Gasteiger partial charge >= 0.3 is 23.9 Å². The molecule has 2 unspecified atom stereocenters. The zero-order valence-electron chi connectivity index (χ0n) is 31.3. The van der Waals surface area contributed by atoms with Crippen molar-refractivity contribution in [3.8, 4) is 0 Å². The van der Waals surface area contributed by atoms with Crippen molar-refractivity contribution in [2.24, 2.45) is 9.98 Å². The van der Waals surface area contributed by atoms with Gasteiger partial charge in [0.2, 0.25) is 0 Å². The molecule has 0 fully saturated rings. The number of rotatable bonds is 8. The van der Waals surface area contributed by atoms with Crippen molar-refractivity contribution >= 4 is 58.6 Å². The first kappa shape index (κ1) is 37.4. The van der Waals surface area contributed by atoms with Crippen molar-refractivity contribution in [1.29, 1.82) is 0 Å². The molecule has 60 heavy (non-hydrogen) atoms. The molecule has 0 saturated carbocycles. The van der Waals surface area contributed by atoms with Gasteiger partial charge in [0.05, 0.1) is 56.1 Å². The van der Waals surface area contributed by atoms with Crippen LogP contribution in [-0.2, 0) is 11.1 Å². The first-order chi connectivity index (χ1) is 28.9. The largest absolute Gasteiger partial charge is 0.478 e. The number of carboxylic acids is 4. The average molecular weight is 793 g/mol. The Labute approximate surface area is 340 Å². The SMILES string of the molecule is O=C(O)c1ccc(C2=CC3(c4ccc(C(=O)O)cc4)NC2(c2ccc(C(=O)O)cc2)/C=C2/C=CC(=N2)/C=c2/cc/c([nH]2)=C/C2=NC(=C\3c3ccc(C(=O)O)cc3)/C=C2)cc1. The summed E-state index contributed by atoms with van der Waals surface area (Å²) in [4.78, 5) is 62.1. The third kappa shape index (κ3) is 6.52. The molecule has 12 heteroatoms. The van der Waals surface area contributed by atoms with E-state index in [1.54, 1.807) is 48.5 Å². The fourth-order valence-corrected chi connectivity index (χ4v) is 8.11.